The van der Waals surface area contributed by atoms with Gasteiger partial charge in [0.15, 0.2) is 17.2 Å². The van der Waals surface area contributed by atoms with Crippen molar-refractivity contribution in [3.8, 4) is 39.5 Å². The minimum Gasteiger partial charge on any atom is -0.453 e. The molecule has 0 fully saturated rings. The Morgan fingerprint density at radius 2 is 0.839 bits per heavy atom. The number of nitrogens with zero attached hydrogens (tertiary/aromatic N) is 2. The van der Waals surface area contributed by atoms with E-state index in [9.17, 15) is 0 Å². The van der Waals surface area contributed by atoms with Crippen molar-refractivity contribution in [3.05, 3.63) is 218 Å². The minimum absolute atomic E-state index is 0.834. The molecule has 4 nitrogen and oxygen atoms in total. The summed E-state index contributed by atoms with van der Waals surface area (Å²) in [5, 5.41) is 9.63. The van der Waals surface area contributed by atoms with Gasteiger partial charge in [0, 0.05) is 11.4 Å². The van der Waals surface area contributed by atoms with Gasteiger partial charge in [-0.05, 0) is 157 Å². The molecule has 62 heavy (non-hydrogen) atoms. The number of hydrogen-bond acceptors (Lipinski definition) is 4. The zero-order valence-electron chi connectivity index (χ0n) is 33.8. The summed E-state index contributed by atoms with van der Waals surface area (Å²) >= 11 is 0. The molecule has 4 heteroatoms. The van der Waals surface area contributed by atoms with Gasteiger partial charge >= 0.3 is 0 Å². The van der Waals surface area contributed by atoms with E-state index in [-0.39, 0.29) is 0 Å². The first-order valence-corrected chi connectivity index (χ1v) is 21.4. The van der Waals surface area contributed by atoms with E-state index in [1.807, 2.05) is 12.1 Å². The summed E-state index contributed by atoms with van der Waals surface area (Å²) in [4.78, 5) is 4.78. The van der Waals surface area contributed by atoms with E-state index >= 15 is 0 Å². The van der Waals surface area contributed by atoms with E-state index in [1.165, 1.54) is 71.0 Å². The summed E-state index contributed by atoms with van der Waals surface area (Å²) < 4.78 is 13.0. The molecule has 0 N–H and O–H groups in total. The van der Waals surface area contributed by atoms with Crippen LogP contribution < -0.4 is 19.3 Å². The molecule has 10 aromatic carbocycles. The zero-order chi connectivity index (χ0) is 40.7. The fourth-order valence-electron chi connectivity index (χ4n) is 10.0. The topological polar surface area (TPSA) is 24.9 Å². The molecule has 0 radical (unpaired) electrons. The van der Waals surface area contributed by atoms with E-state index in [1.54, 1.807) is 0 Å². The van der Waals surface area contributed by atoms with Crippen molar-refractivity contribution >= 4 is 71.5 Å². The van der Waals surface area contributed by atoms with Gasteiger partial charge in [0.05, 0.1) is 22.8 Å². The molecule has 2 aliphatic heterocycles. The number of para-hydroxylation sites is 6. The van der Waals surface area contributed by atoms with Gasteiger partial charge in [-0.1, -0.05) is 127 Å². The van der Waals surface area contributed by atoms with Gasteiger partial charge in [-0.25, -0.2) is 0 Å². The monoisotopic (exact) mass is 794 g/mol. The second-order valence-electron chi connectivity index (χ2n) is 16.4. The molecule has 0 unspecified atom stereocenters. The lowest BCUT2D eigenvalue weighted by Crippen LogP contribution is -2.25. The molecule has 2 heterocycles. The number of fused-ring (bicyclic) bond motifs is 7. The van der Waals surface area contributed by atoms with Crippen molar-refractivity contribution in [3.63, 3.8) is 0 Å². The first-order chi connectivity index (χ1) is 30.7. The summed E-state index contributed by atoms with van der Waals surface area (Å²) in [5.41, 5.74) is 11.2. The lowest BCUT2D eigenvalue weighted by atomic mass is 9.84. The Balaban J connectivity index is 1.15. The van der Waals surface area contributed by atoms with Crippen molar-refractivity contribution in [1.82, 2.24) is 0 Å². The molecule has 0 spiro atoms. The molecule has 0 saturated heterocycles. The maximum absolute atomic E-state index is 6.52. The van der Waals surface area contributed by atoms with Crippen LogP contribution in [0.4, 0.5) is 28.4 Å². The van der Waals surface area contributed by atoms with Crippen molar-refractivity contribution in [2.75, 3.05) is 9.80 Å². The zero-order valence-corrected chi connectivity index (χ0v) is 33.8. The molecule has 292 valence electrons. The highest BCUT2D eigenvalue weighted by Crippen LogP contribution is 2.53. The van der Waals surface area contributed by atoms with Gasteiger partial charge in [-0.15, -0.1) is 0 Å². The molecular formula is C58H38N2O2. The number of rotatable bonds is 4. The molecule has 10 aromatic rings. The van der Waals surface area contributed by atoms with Crippen LogP contribution in [0.2, 0.25) is 0 Å². The number of anilines is 5. The summed E-state index contributed by atoms with van der Waals surface area (Å²) in [6.07, 6.45) is 6.21. The third kappa shape index (κ3) is 5.40. The van der Waals surface area contributed by atoms with Crippen LogP contribution in [0.15, 0.2) is 218 Å². The second-order valence-corrected chi connectivity index (χ2v) is 16.4. The van der Waals surface area contributed by atoms with Gasteiger partial charge in [0.2, 0.25) is 0 Å². The van der Waals surface area contributed by atoms with Gasteiger partial charge in [0.1, 0.15) is 5.76 Å². The summed E-state index contributed by atoms with van der Waals surface area (Å²) in [6, 6.07) is 70.4. The van der Waals surface area contributed by atoms with Crippen LogP contribution in [0, 0.1) is 0 Å². The SMILES string of the molecule is C1=CC2=C(CC1)N(c1ccc3c(-c4ccc5ccccc5c4)c4cc(N5c6ccccc6Oc6ccccc65)ccc4c(-c4ccc5ccccc5c4)c3c1)c1ccccc1O2. The molecule has 13 rings (SSSR count). The van der Waals surface area contributed by atoms with E-state index < -0.39 is 0 Å². The molecule has 0 saturated carbocycles. The van der Waals surface area contributed by atoms with Crippen LogP contribution in [0.1, 0.15) is 12.8 Å². The molecule has 3 aliphatic rings. The Hall–Kier alpha value is -8.08. The molecular weight excluding hydrogens is 757 g/mol. The van der Waals surface area contributed by atoms with E-state index in [4.69, 9.17) is 9.47 Å². The molecule has 0 atom stereocenters. The number of ether oxygens (including phenoxy) is 2. The van der Waals surface area contributed by atoms with Crippen LogP contribution in [-0.2, 0) is 0 Å². The third-order valence-corrected chi connectivity index (χ3v) is 12.8. The highest BCUT2D eigenvalue weighted by molar-refractivity contribution is 6.23. The number of hydrogen-bond donors (Lipinski definition) is 0. The van der Waals surface area contributed by atoms with Crippen LogP contribution in [0.5, 0.6) is 17.2 Å². The smallest absolute Gasteiger partial charge is 0.151 e. The van der Waals surface area contributed by atoms with Gasteiger partial charge in [0.25, 0.3) is 0 Å². The first-order valence-electron chi connectivity index (χ1n) is 21.4. The highest BCUT2D eigenvalue weighted by atomic mass is 16.5. The largest absolute Gasteiger partial charge is 0.453 e. The average molecular weight is 795 g/mol. The van der Waals surface area contributed by atoms with Crippen molar-refractivity contribution in [1.29, 1.82) is 0 Å². The summed E-state index contributed by atoms with van der Waals surface area (Å²) in [5.74, 6) is 3.45. The third-order valence-electron chi connectivity index (χ3n) is 12.8. The van der Waals surface area contributed by atoms with E-state index in [0.717, 1.165) is 64.3 Å². The summed E-state index contributed by atoms with van der Waals surface area (Å²) in [6.45, 7) is 0. The minimum atomic E-state index is 0.834. The Labute approximate surface area is 359 Å². The normalized spacial score (nSPS) is 14.1. The quantitative estimate of drug-likeness (QED) is 0.166. The average Bonchev–Trinajstić information content (AvgIpc) is 3.33. The van der Waals surface area contributed by atoms with Gasteiger partial charge < -0.3 is 19.3 Å². The highest BCUT2D eigenvalue weighted by Gasteiger charge is 2.30. The predicted molar refractivity (Wildman–Crippen MR) is 257 cm³/mol. The van der Waals surface area contributed by atoms with Crippen molar-refractivity contribution in [2.45, 2.75) is 12.8 Å². The fourth-order valence-corrected chi connectivity index (χ4v) is 10.0. The lowest BCUT2D eigenvalue weighted by Gasteiger charge is -2.36. The van der Waals surface area contributed by atoms with Crippen LogP contribution in [-0.4, -0.2) is 0 Å². The van der Waals surface area contributed by atoms with Gasteiger partial charge in [-0.3, -0.25) is 0 Å². The van der Waals surface area contributed by atoms with Gasteiger partial charge in [-0.2, -0.15) is 0 Å². The van der Waals surface area contributed by atoms with Crippen molar-refractivity contribution < 1.29 is 9.47 Å². The Bertz CT molecular complexity index is 3520. The van der Waals surface area contributed by atoms with Crippen LogP contribution >= 0.6 is 0 Å². The number of allylic oxidation sites excluding steroid dienone is 3. The standard InChI is InChI=1S/C58H38N2O2/c1-3-15-39-33-41(27-25-37(39)13-1)57-45-31-29-44(60-51-19-7-11-23-55(51)62-56-24-12-8-20-52(56)60)36-48(45)58(42-28-26-38-14-2-4-16-40(38)34-42)46-32-30-43(35-47(46)57)59-49-17-5-9-21-53(49)61-54-22-10-6-18-50(54)59/h1-7,9-19,21-36H,8,20H2. The maximum Gasteiger partial charge on any atom is 0.151 e. The first kappa shape index (κ1) is 34.8. The summed E-state index contributed by atoms with van der Waals surface area (Å²) in [7, 11) is 0. The Morgan fingerprint density at radius 3 is 1.40 bits per heavy atom. The van der Waals surface area contributed by atoms with Crippen molar-refractivity contribution in [2.24, 2.45) is 0 Å². The Kier molecular flexibility index (Phi) is 7.70. The molecule has 0 bridgehead atoms. The predicted octanol–water partition coefficient (Wildman–Crippen LogP) is 16.3. The van der Waals surface area contributed by atoms with E-state index in [2.05, 4.69) is 204 Å². The Morgan fingerprint density at radius 1 is 0.371 bits per heavy atom. The lowest BCUT2D eigenvalue weighted by molar-refractivity contribution is 0.421. The van der Waals surface area contributed by atoms with E-state index in [0.29, 0.717) is 0 Å². The maximum atomic E-state index is 6.52. The van der Waals surface area contributed by atoms with Crippen LogP contribution in [0.25, 0.3) is 65.3 Å². The number of benzene rings is 10. The molecule has 0 amide bonds. The molecule has 0 aromatic heterocycles. The fraction of sp³-hybridized carbons (Fsp3) is 0.0345. The molecule has 1 aliphatic carbocycles. The second kappa shape index (κ2) is 13.7. The van der Waals surface area contributed by atoms with Crippen LogP contribution in [0.3, 0.4) is 0 Å².